The Bertz CT molecular complexity index is 826. The molecule has 10 heteroatoms. The molecule has 1 atom stereocenters. The Labute approximate surface area is 134 Å². The third-order valence-corrected chi connectivity index (χ3v) is 5.60. The topological polar surface area (TPSA) is 115 Å². The smallest absolute Gasteiger partial charge is 0.281 e. The molecule has 3 rings (SSSR count). The van der Waals surface area contributed by atoms with Crippen LogP contribution in [0.1, 0.15) is 11.8 Å². The summed E-state index contributed by atoms with van der Waals surface area (Å²) >= 11 is 0. The van der Waals surface area contributed by atoms with Crippen LogP contribution in [0.25, 0.3) is 11.0 Å². The highest BCUT2D eigenvalue weighted by atomic mass is 32.2. The molecule has 0 radical (unpaired) electrons. The van der Waals surface area contributed by atoms with Crippen molar-refractivity contribution in [3.63, 3.8) is 0 Å². The van der Waals surface area contributed by atoms with Crippen LogP contribution in [0.5, 0.6) is 0 Å². The highest BCUT2D eigenvalue weighted by Crippen LogP contribution is 2.25. The molecule has 9 nitrogen and oxygen atoms in total. The van der Waals surface area contributed by atoms with E-state index in [1.54, 1.807) is 12.1 Å². The van der Waals surface area contributed by atoms with E-state index in [0.717, 1.165) is 0 Å². The molecular formula is C13H18N6O3S. The quantitative estimate of drug-likeness (QED) is 0.823. The summed E-state index contributed by atoms with van der Waals surface area (Å²) in [7, 11) is -0.461. The highest BCUT2D eigenvalue weighted by Gasteiger charge is 2.32. The molecule has 1 aliphatic rings. The number of hydrogen-bond acceptors (Lipinski definition) is 7. The monoisotopic (exact) mass is 338 g/mol. The van der Waals surface area contributed by atoms with Crippen LogP contribution in [-0.2, 0) is 14.9 Å². The van der Waals surface area contributed by atoms with Gasteiger partial charge in [0.2, 0.25) is 0 Å². The van der Waals surface area contributed by atoms with Gasteiger partial charge in [0.25, 0.3) is 10.2 Å². The van der Waals surface area contributed by atoms with Crippen LogP contribution >= 0.6 is 0 Å². The van der Waals surface area contributed by atoms with Crippen LogP contribution in [0.4, 0.5) is 5.82 Å². The second-order valence-corrected chi connectivity index (χ2v) is 7.52. The lowest BCUT2D eigenvalue weighted by molar-refractivity contribution is -0.00607. The van der Waals surface area contributed by atoms with Gasteiger partial charge in [-0.1, -0.05) is 0 Å². The molecule has 0 aromatic carbocycles. The average Bonchev–Trinajstić information content (AvgIpc) is 2.55. The van der Waals surface area contributed by atoms with Crippen molar-refractivity contribution in [1.29, 1.82) is 0 Å². The van der Waals surface area contributed by atoms with Gasteiger partial charge >= 0.3 is 0 Å². The molecule has 0 spiro atoms. The first kappa shape index (κ1) is 16.0. The van der Waals surface area contributed by atoms with E-state index in [1.165, 1.54) is 29.0 Å². The van der Waals surface area contributed by atoms with Crippen molar-refractivity contribution in [2.75, 3.05) is 39.5 Å². The molecule has 0 amide bonds. The maximum absolute atomic E-state index is 12.3. The maximum Gasteiger partial charge on any atom is 0.281 e. The lowest BCUT2D eigenvalue weighted by Gasteiger charge is -2.33. The van der Waals surface area contributed by atoms with Crippen LogP contribution in [0.3, 0.4) is 0 Å². The fraction of sp³-hybridized carbons (Fsp3) is 0.462. The van der Waals surface area contributed by atoms with Crippen LogP contribution in [0.15, 0.2) is 18.5 Å². The minimum absolute atomic E-state index is 0.208. The molecule has 1 fully saturated rings. The average molecular weight is 338 g/mol. The number of fused-ring (bicyclic) bond motifs is 1. The van der Waals surface area contributed by atoms with Gasteiger partial charge in [0.15, 0.2) is 5.65 Å². The molecule has 2 aromatic rings. The van der Waals surface area contributed by atoms with Crippen molar-refractivity contribution in [2.45, 2.75) is 6.10 Å². The number of aromatic nitrogens is 3. The number of nitrogens with two attached hydrogens (primary N) is 1. The zero-order valence-corrected chi connectivity index (χ0v) is 13.7. The standard InChI is InChI=1S/C13H18N6O3S/c1-18(2)23(20,21)19-5-6-22-11(7-19)10-4-3-9-12(14)15-8-16-13(9)17-10/h3-4,8,11H,5-7H2,1-2H3,(H2,14,15,16,17). The van der Waals surface area contributed by atoms with Crippen molar-refractivity contribution in [2.24, 2.45) is 0 Å². The Balaban J connectivity index is 1.90. The number of rotatable bonds is 3. The van der Waals surface area contributed by atoms with Gasteiger partial charge in [0.1, 0.15) is 18.2 Å². The Hall–Kier alpha value is -1.88. The lowest BCUT2D eigenvalue weighted by Crippen LogP contribution is -2.47. The second kappa shape index (κ2) is 5.96. The molecule has 1 saturated heterocycles. The molecule has 2 aromatic heterocycles. The van der Waals surface area contributed by atoms with E-state index in [-0.39, 0.29) is 6.54 Å². The first-order valence-corrected chi connectivity index (χ1v) is 8.45. The van der Waals surface area contributed by atoms with Gasteiger partial charge in [0.05, 0.1) is 17.7 Å². The third kappa shape index (κ3) is 2.98. The van der Waals surface area contributed by atoms with E-state index in [4.69, 9.17) is 10.5 Å². The van der Waals surface area contributed by atoms with E-state index in [0.29, 0.717) is 35.7 Å². The molecule has 23 heavy (non-hydrogen) atoms. The van der Waals surface area contributed by atoms with Crippen LogP contribution in [0, 0.1) is 0 Å². The van der Waals surface area contributed by atoms with Crippen LogP contribution in [-0.4, -0.2) is 65.8 Å². The largest absolute Gasteiger partial charge is 0.383 e. The van der Waals surface area contributed by atoms with E-state index in [9.17, 15) is 8.42 Å². The minimum Gasteiger partial charge on any atom is -0.383 e. The van der Waals surface area contributed by atoms with Crippen molar-refractivity contribution in [3.05, 3.63) is 24.2 Å². The Morgan fingerprint density at radius 2 is 2.13 bits per heavy atom. The summed E-state index contributed by atoms with van der Waals surface area (Å²) in [6.07, 6.45) is 0.901. The fourth-order valence-corrected chi connectivity index (χ4v) is 3.49. The molecule has 124 valence electrons. The normalized spacial score (nSPS) is 20.2. The van der Waals surface area contributed by atoms with Crippen molar-refractivity contribution in [1.82, 2.24) is 23.6 Å². The molecule has 0 aliphatic carbocycles. The number of hydrogen-bond donors (Lipinski definition) is 1. The van der Waals surface area contributed by atoms with E-state index in [1.807, 2.05) is 0 Å². The Morgan fingerprint density at radius 3 is 2.87 bits per heavy atom. The van der Waals surface area contributed by atoms with Gasteiger partial charge in [-0.2, -0.15) is 17.0 Å². The van der Waals surface area contributed by atoms with Crippen molar-refractivity contribution in [3.8, 4) is 0 Å². The van der Waals surface area contributed by atoms with Gasteiger partial charge in [-0.25, -0.2) is 15.0 Å². The number of anilines is 1. The number of morpholine rings is 1. The molecular weight excluding hydrogens is 320 g/mol. The van der Waals surface area contributed by atoms with Crippen molar-refractivity contribution < 1.29 is 13.2 Å². The molecule has 2 N–H and O–H groups in total. The van der Waals surface area contributed by atoms with Crippen LogP contribution in [0.2, 0.25) is 0 Å². The highest BCUT2D eigenvalue weighted by molar-refractivity contribution is 7.86. The number of pyridine rings is 1. The second-order valence-electron chi connectivity index (χ2n) is 5.37. The fourth-order valence-electron chi connectivity index (χ4n) is 2.40. The first-order chi connectivity index (χ1) is 10.9. The van der Waals surface area contributed by atoms with E-state index in [2.05, 4.69) is 15.0 Å². The predicted octanol–water partition coefficient (Wildman–Crippen LogP) is -0.213. The number of ether oxygens (including phenoxy) is 1. The van der Waals surface area contributed by atoms with E-state index < -0.39 is 16.3 Å². The SMILES string of the molecule is CN(C)S(=O)(=O)N1CCOC(c2ccc3c(N)ncnc3n2)C1. The summed E-state index contributed by atoms with van der Waals surface area (Å²) in [4.78, 5) is 12.4. The zero-order valence-electron chi connectivity index (χ0n) is 12.9. The summed E-state index contributed by atoms with van der Waals surface area (Å²) in [5, 5.41) is 0.657. The summed E-state index contributed by atoms with van der Waals surface area (Å²) in [6, 6.07) is 3.54. The van der Waals surface area contributed by atoms with Gasteiger partial charge in [0, 0.05) is 27.2 Å². The third-order valence-electron chi connectivity index (χ3n) is 3.70. The number of nitrogen functional groups attached to an aromatic ring is 1. The molecule has 0 saturated carbocycles. The Morgan fingerprint density at radius 1 is 1.35 bits per heavy atom. The Kier molecular flexibility index (Phi) is 4.15. The van der Waals surface area contributed by atoms with Gasteiger partial charge in [-0.3, -0.25) is 0 Å². The molecule has 1 unspecified atom stereocenters. The van der Waals surface area contributed by atoms with Gasteiger partial charge in [-0.15, -0.1) is 0 Å². The van der Waals surface area contributed by atoms with Crippen LogP contribution < -0.4 is 5.73 Å². The molecule has 3 heterocycles. The van der Waals surface area contributed by atoms with Gasteiger partial charge < -0.3 is 10.5 Å². The summed E-state index contributed by atoms with van der Waals surface area (Å²) in [5.74, 6) is 0.357. The predicted molar refractivity (Wildman–Crippen MR) is 84.6 cm³/mol. The van der Waals surface area contributed by atoms with E-state index >= 15 is 0 Å². The summed E-state index contributed by atoms with van der Waals surface area (Å²) < 4.78 is 32.8. The lowest BCUT2D eigenvalue weighted by atomic mass is 10.2. The summed E-state index contributed by atoms with van der Waals surface area (Å²) in [5.41, 5.74) is 6.87. The van der Waals surface area contributed by atoms with Crippen molar-refractivity contribution >= 4 is 27.1 Å². The maximum atomic E-state index is 12.3. The molecule has 1 aliphatic heterocycles. The number of nitrogens with zero attached hydrogens (tertiary/aromatic N) is 5. The summed E-state index contributed by atoms with van der Waals surface area (Å²) in [6.45, 7) is 0.836. The zero-order chi connectivity index (χ0) is 16.6. The first-order valence-electron chi connectivity index (χ1n) is 7.06. The molecule has 0 bridgehead atoms. The van der Waals surface area contributed by atoms with Gasteiger partial charge in [-0.05, 0) is 12.1 Å². The minimum atomic E-state index is -3.48.